The highest BCUT2D eigenvalue weighted by Gasteiger charge is 2.40. The summed E-state index contributed by atoms with van der Waals surface area (Å²) in [6, 6.07) is 2.44. The van der Waals surface area contributed by atoms with Gasteiger partial charge in [0.15, 0.2) is 0 Å². The summed E-state index contributed by atoms with van der Waals surface area (Å²) in [7, 11) is 0. The number of nitrogens with zero attached hydrogens (tertiary/aromatic N) is 1. The second kappa shape index (κ2) is 6.61. The van der Waals surface area contributed by atoms with Crippen molar-refractivity contribution in [2.45, 2.75) is 89.5 Å². The summed E-state index contributed by atoms with van der Waals surface area (Å²) in [5, 5.41) is 12.8. The fourth-order valence-electron chi connectivity index (χ4n) is 3.70. The second-order valence-electron chi connectivity index (χ2n) is 7.04. The monoisotopic (exact) mass is 276 g/mol. The van der Waals surface area contributed by atoms with Crippen LogP contribution in [-0.2, 0) is 4.79 Å². The standard InChI is InChI=1S/C17H28N2O/c1-16(10-6-5-7-11-16)15(20)19-17(14-18)12-8-3-2-4-9-13-17/h2-13H2,1H3,(H,19,20). The van der Waals surface area contributed by atoms with Crippen molar-refractivity contribution < 1.29 is 4.79 Å². The normalized spacial score (nSPS) is 25.8. The molecule has 0 radical (unpaired) electrons. The largest absolute Gasteiger partial charge is 0.337 e. The quantitative estimate of drug-likeness (QED) is 0.826. The Morgan fingerprint density at radius 2 is 1.35 bits per heavy atom. The predicted molar refractivity (Wildman–Crippen MR) is 80.0 cm³/mol. The van der Waals surface area contributed by atoms with Crippen molar-refractivity contribution >= 4 is 5.91 Å². The van der Waals surface area contributed by atoms with Crippen LogP contribution in [0.3, 0.4) is 0 Å². The van der Waals surface area contributed by atoms with E-state index in [2.05, 4.69) is 18.3 Å². The first-order chi connectivity index (χ1) is 9.60. The third-order valence-electron chi connectivity index (χ3n) is 5.28. The number of nitrogens with one attached hydrogen (secondary N) is 1. The Balaban J connectivity index is 2.04. The van der Waals surface area contributed by atoms with Gasteiger partial charge in [0.05, 0.1) is 6.07 Å². The van der Waals surface area contributed by atoms with E-state index >= 15 is 0 Å². The third kappa shape index (κ3) is 3.53. The zero-order valence-corrected chi connectivity index (χ0v) is 12.8. The first kappa shape index (κ1) is 15.4. The van der Waals surface area contributed by atoms with Gasteiger partial charge in [-0.2, -0.15) is 5.26 Å². The van der Waals surface area contributed by atoms with Gasteiger partial charge in [0.2, 0.25) is 5.91 Å². The molecule has 0 aromatic rings. The number of hydrogen-bond acceptors (Lipinski definition) is 2. The number of amides is 1. The third-order valence-corrected chi connectivity index (χ3v) is 5.28. The Morgan fingerprint density at radius 1 is 0.900 bits per heavy atom. The maximum atomic E-state index is 12.7. The Kier molecular flexibility index (Phi) is 5.07. The van der Waals surface area contributed by atoms with E-state index in [1.807, 2.05) is 0 Å². The topological polar surface area (TPSA) is 52.9 Å². The summed E-state index contributed by atoms with van der Waals surface area (Å²) in [6.07, 6.45) is 12.9. The van der Waals surface area contributed by atoms with Crippen LogP contribution in [0.15, 0.2) is 0 Å². The molecule has 112 valence electrons. The zero-order chi connectivity index (χ0) is 14.5. The molecule has 2 aliphatic carbocycles. The van der Waals surface area contributed by atoms with E-state index in [9.17, 15) is 10.1 Å². The Hall–Kier alpha value is -1.04. The molecule has 0 heterocycles. The molecule has 0 spiro atoms. The number of nitriles is 1. The summed E-state index contributed by atoms with van der Waals surface area (Å²) >= 11 is 0. The molecule has 0 unspecified atom stereocenters. The van der Waals surface area contributed by atoms with E-state index in [0.29, 0.717) is 0 Å². The smallest absolute Gasteiger partial charge is 0.227 e. The number of rotatable bonds is 2. The molecule has 20 heavy (non-hydrogen) atoms. The molecule has 1 N–H and O–H groups in total. The molecule has 2 fully saturated rings. The summed E-state index contributed by atoms with van der Waals surface area (Å²) in [5.74, 6) is 0.124. The summed E-state index contributed by atoms with van der Waals surface area (Å²) in [4.78, 5) is 12.7. The van der Waals surface area contributed by atoms with E-state index in [1.165, 1.54) is 25.7 Å². The van der Waals surface area contributed by atoms with Gasteiger partial charge in [-0.3, -0.25) is 4.79 Å². The van der Waals surface area contributed by atoms with Gasteiger partial charge in [-0.25, -0.2) is 0 Å². The number of carbonyl (C=O) groups is 1. The maximum Gasteiger partial charge on any atom is 0.227 e. The number of carbonyl (C=O) groups excluding carboxylic acids is 1. The summed E-state index contributed by atoms with van der Waals surface area (Å²) < 4.78 is 0. The van der Waals surface area contributed by atoms with Gasteiger partial charge < -0.3 is 5.32 Å². The molecule has 3 nitrogen and oxygen atoms in total. The highest BCUT2D eigenvalue weighted by atomic mass is 16.2. The molecule has 0 atom stereocenters. The van der Waals surface area contributed by atoms with E-state index in [4.69, 9.17) is 0 Å². The van der Waals surface area contributed by atoms with Crippen LogP contribution in [0.5, 0.6) is 0 Å². The van der Waals surface area contributed by atoms with Crippen molar-refractivity contribution in [2.24, 2.45) is 5.41 Å². The molecule has 0 saturated heterocycles. The predicted octanol–water partition coefficient (Wildman–Crippen LogP) is 4.08. The minimum atomic E-state index is -0.599. The van der Waals surface area contributed by atoms with Crippen LogP contribution in [0.25, 0.3) is 0 Å². The fraction of sp³-hybridized carbons (Fsp3) is 0.882. The van der Waals surface area contributed by atoms with Crippen LogP contribution in [0.2, 0.25) is 0 Å². The van der Waals surface area contributed by atoms with Crippen LogP contribution in [0, 0.1) is 16.7 Å². The Bertz CT molecular complexity index is 369. The molecule has 0 aliphatic heterocycles. The molecular formula is C17H28N2O. The minimum absolute atomic E-state index is 0.124. The Labute approximate surface area is 123 Å². The Morgan fingerprint density at radius 3 is 1.90 bits per heavy atom. The van der Waals surface area contributed by atoms with Gasteiger partial charge in [-0.05, 0) is 25.7 Å². The average Bonchev–Trinajstić information content (AvgIpc) is 2.43. The van der Waals surface area contributed by atoms with Crippen LogP contribution in [-0.4, -0.2) is 11.4 Å². The van der Waals surface area contributed by atoms with Crippen molar-refractivity contribution in [3.63, 3.8) is 0 Å². The lowest BCUT2D eigenvalue weighted by atomic mass is 9.74. The molecule has 0 bridgehead atoms. The molecule has 2 saturated carbocycles. The highest BCUT2D eigenvalue weighted by Crippen LogP contribution is 2.37. The van der Waals surface area contributed by atoms with Crippen molar-refractivity contribution in [2.75, 3.05) is 0 Å². The molecule has 3 heteroatoms. The van der Waals surface area contributed by atoms with Gasteiger partial charge in [0.25, 0.3) is 0 Å². The van der Waals surface area contributed by atoms with E-state index < -0.39 is 5.54 Å². The minimum Gasteiger partial charge on any atom is -0.337 e. The molecular weight excluding hydrogens is 248 g/mol. The SMILES string of the molecule is CC1(C(=O)NC2(C#N)CCCCCCC2)CCCCC1. The van der Waals surface area contributed by atoms with E-state index in [-0.39, 0.29) is 11.3 Å². The van der Waals surface area contributed by atoms with Gasteiger partial charge >= 0.3 is 0 Å². The fourth-order valence-corrected chi connectivity index (χ4v) is 3.70. The van der Waals surface area contributed by atoms with Gasteiger partial charge in [-0.15, -0.1) is 0 Å². The molecule has 2 rings (SSSR count). The lowest BCUT2D eigenvalue weighted by molar-refractivity contribution is -0.133. The van der Waals surface area contributed by atoms with Gasteiger partial charge in [0.1, 0.15) is 5.54 Å². The first-order valence-electron chi connectivity index (χ1n) is 8.34. The first-order valence-corrected chi connectivity index (χ1v) is 8.34. The lowest BCUT2D eigenvalue weighted by Crippen LogP contribution is -2.53. The van der Waals surface area contributed by atoms with Crippen LogP contribution in [0.1, 0.15) is 84.0 Å². The van der Waals surface area contributed by atoms with Crippen molar-refractivity contribution in [3.8, 4) is 6.07 Å². The lowest BCUT2D eigenvalue weighted by Gasteiger charge is -2.37. The summed E-state index contributed by atoms with van der Waals surface area (Å²) in [5.41, 5.74) is -0.845. The zero-order valence-electron chi connectivity index (χ0n) is 12.8. The molecule has 1 amide bonds. The van der Waals surface area contributed by atoms with Crippen LogP contribution < -0.4 is 5.32 Å². The second-order valence-corrected chi connectivity index (χ2v) is 7.04. The van der Waals surface area contributed by atoms with E-state index in [1.54, 1.807) is 0 Å². The van der Waals surface area contributed by atoms with E-state index in [0.717, 1.165) is 51.4 Å². The molecule has 2 aliphatic rings. The highest BCUT2D eigenvalue weighted by molar-refractivity contribution is 5.83. The average molecular weight is 276 g/mol. The summed E-state index contributed by atoms with van der Waals surface area (Å²) in [6.45, 7) is 2.08. The van der Waals surface area contributed by atoms with Crippen molar-refractivity contribution in [3.05, 3.63) is 0 Å². The van der Waals surface area contributed by atoms with Gasteiger partial charge in [0, 0.05) is 5.41 Å². The molecule has 0 aromatic heterocycles. The van der Waals surface area contributed by atoms with Crippen molar-refractivity contribution in [1.82, 2.24) is 5.32 Å². The van der Waals surface area contributed by atoms with Gasteiger partial charge in [-0.1, -0.05) is 58.3 Å². The molecule has 0 aromatic carbocycles. The van der Waals surface area contributed by atoms with Crippen LogP contribution >= 0.6 is 0 Å². The van der Waals surface area contributed by atoms with Crippen LogP contribution in [0.4, 0.5) is 0 Å². The maximum absolute atomic E-state index is 12.7. The van der Waals surface area contributed by atoms with Crippen molar-refractivity contribution in [1.29, 1.82) is 5.26 Å². The number of hydrogen-bond donors (Lipinski definition) is 1.